The number of nitrogens with one attached hydrogen (secondary N) is 1. The van der Waals surface area contributed by atoms with E-state index in [1.165, 1.54) is 0 Å². The van der Waals surface area contributed by atoms with Crippen LogP contribution < -0.4 is 5.32 Å². The number of benzene rings is 1. The molecule has 1 rings (SSSR count). The Morgan fingerprint density at radius 3 is 2.75 bits per heavy atom. The summed E-state index contributed by atoms with van der Waals surface area (Å²) in [6, 6.07) is 7.88. The number of nitrogens with zero attached hydrogens (tertiary/aromatic N) is 1. The van der Waals surface area contributed by atoms with Gasteiger partial charge in [0.25, 0.3) is 0 Å². The summed E-state index contributed by atoms with van der Waals surface area (Å²) in [5.41, 5.74) is 0.712. The van der Waals surface area contributed by atoms with Crippen LogP contribution in [0.2, 0.25) is 5.02 Å². The molecule has 0 radical (unpaired) electrons. The van der Waals surface area contributed by atoms with Crippen LogP contribution in [0, 0.1) is 16.7 Å². The molecule has 0 bridgehead atoms. The van der Waals surface area contributed by atoms with E-state index in [9.17, 15) is 0 Å². The Hall–Kier alpha value is -0.720. The van der Waals surface area contributed by atoms with E-state index in [2.05, 4.69) is 27.3 Å². The van der Waals surface area contributed by atoms with Gasteiger partial charge in [-0.3, -0.25) is 0 Å². The van der Waals surface area contributed by atoms with Crippen molar-refractivity contribution in [1.82, 2.24) is 0 Å². The van der Waals surface area contributed by atoms with Crippen molar-refractivity contribution < 1.29 is 0 Å². The highest BCUT2D eigenvalue weighted by atomic mass is 79.9. The lowest BCUT2D eigenvalue weighted by atomic mass is 9.91. The minimum absolute atomic E-state index is 0.286. The van der Waals surface area contributed by atoms with Crippen molar-refractivity contribution in [3.63, 3.8) is 0 Å². The summed E-state index contributed by atoms with van der Waals surface area (Å²) in [4.78, 5) is 0. The number of hydrogen-bond acceptors (Lipinski definition) is 2. The molecular weight excluding hydrogens is 288 g/mol. The molecule has 0 aliphatic heterocycles. The fraction of sp³-hybridized carbons (Fsp3) is 0.417. The topological polar surface area (TPSA) is 35.8 Å². The van der Waals surface area contributed by atoms with Gasteiger partial charge in [-0.25, -0.2) is 0 Å². The maximum atomic E-state index is 8.88. The van der Waals surface area contributed by atoms with Gasteiger partial charge in [0.1, 0.15) is 0 Å². The van der Waals surface area contributed by atoms with Crippen LogP contribution in [-0.4, -0.2) is 6.54 Å². The highest BCUT2D eigenvalue weighted by molar-refractivity contribution is 9.10. The lowest BCUT2D eigenvalue weighted by molar-refractivity contribution is 0.466. The minimum Gasteiger partial charge on any atom is -0.384 e. The summed E-state index contributed by atoms with van der Waals surface area (Å²) in [5, 5.41) is 12.9. The van der Waals surface area contributed by atoms with Gasteiger partial charge in [-0.15, -0.1) is 0 Å². The molecule has 0 unspecified atom stereocenters. The van der Waals surface area contributed by atoms with Crippen molar-refractivity contribution in [3.05, 3.63) is 27.7 Å². The van der Waals surface area contributed by atoms with Gasteiger partial charge < -0.3 is 5.32 Å². The Bertz CT molecular complexity index is 410. The van der Waals surface area contributed by atoms with Gasteiger partial charge in [0.15, 0.2) is 0 Å². The van der Waals surface area contributed by atoms with Gasteiger partial charge in [0.2, 0.25) is 0 Å². The molecule has 0 saturated carbocycles. The number of nitriles is 1. The van der Waals surface area contributed by atoms with E-state index in [4.69, 9.17) is 16.9 Å². The van der Waals surface area contributed by atoms with Crippen LogP contribution in [-0.2, 0) is 0 Å². The Balaban J connectivity index is 2.53. The molecule has 0 fully saturated rings. The van der Waals surface area contributed by atoms with Crippen molar-refractivity contribution in [2.75, 3.05) is 11.9 Å². The Morgan fingerprint density at radius 2 is 2.19 bits per heavy atom. The zero-order valence-electron chi connectivity index (χ0n) is 9.35. The van der Waals surface area contributed by atoms with E-state index < -0.39 is 0 Å². The zero-order chi connectivity index (χ0) is 12.2. The van der Waals surface area contributed by atoms with Gasteiger partial charge in [-0.1, -0.05) is 11.6 Å². The van der Waals surface area contributed by atoms with Crippen LogP contribution in [0.3, 0.4) is 0 Å². The standard InChI is InChI=1S/C12H14BrClN2/c1-12(2,8-15)5-6-16-11-4-3-9(14)7-10(11)13/h3-4,7,16H,5-6H2,1-2H3. The van der Waals surface area contributed by atoms with Crippen LogP contribution in [0.15, 0.2) is 22.7 Å². The highest BCUT2D eigenvalue weighted by Gasteiger charge is 2.15. The molecule has 2 nitrogen and oxygen atoms in total. The van der Waals surface area contributed by atoms with Gasteiger partial charge in [-0.05, 0) is 54.4 Å². The monoisotopic (exact) mass is 300 g/mol. The molecule has 16 heavy (non-hydrogen) atoms. The molecule has 4 heteroatoms. The third kappa shape index (κ3) is 4.03. The molecule has 1 N–H and O–H groups in total. The molecule has 0 aromatic heterocycles. The van der Waals surface area contributed by atoms with Crippen molar-refractivity contribution in [2.45, 2.75) is 20.3 Å². The first-order chi connectivity index (χ1) is 7.44. The average molecular weight is 302 g/mol. The van der Waals surface area contributed by atoms with E-state index in [0.717, 1.165) is 23.1 Å². The number of hydrogen-bond donors (Lipinski definition) is 1. The van der Waals surface area contributed by atoms with Crippen LogP contribution in [0.1, 0.15) is 20.3 Å². The average Bonchev–Trinajstić information content (AvgIpc) is 2.21. The first-order valence-electron chi connectivity index (χ1n) is 5.05. The molecule has 0 heterocycles. The zero-order valence-corrected chi connectivity index (χ0v) is 11.7. The first-order valence-corrected chi connectivity index (χ1v) is 6.22. The van der Waals surface area contributed by atoms with E-state index in [-0.39, 0.29) is 5.41 Å². The first kappa shape index (κ1) is 13.3. The van der Waals surface area contributed by atoms with E-state index in [1.54, 1.807) is 0 Å². The Kier molecular flexibility index (Phi) is 4.64. The normalized spacial score (nSPS) is 10.9. The summed E-state index contributed by atoms with van der Waals surface area (Å²) < 4.78 is 0.940. The van der Waals surface area contributed by atoms with Crippen molar-refractivity contribution in [3.8, 4) is 6.07 Å². The summed E-state index contributed by atoms with van der Waals surface area (Å²) in [6.45, 7) is 4.64. The molecule has 0 amide bonds. The van der Waals surface area contributed by atoms with Crippen LogP contribution >= 0.6 is 27.5 Å². The van der Waals surface area contributed by atoms with Gasteiger partial charge in [0.05, 0.1) is 11.5 Å². The van der Waals surface area contributed by atoms with Crippen molar-refractivity contribution in [1.29, 1.82) is 5.26 Å². The third-order valence-corrected chi connectivity index (χ3v) is 3.19. The quantitative estimate of drug-likeness (QED) is 0.891. The number of anilines is 1. The van der Waals surface area contributed by atoms with Crippen LogP contribution in [0.4, 0.5) is 5.69 Å². The molecular formula is C12H14BrClN2. The maximum Gasteiger partial charge on any atom is 0.0684 e. The molecule has 1 aromatic carbocycles. The molecule has 0 atom stereocenters. The summed E-state index contributed by atoms with van der Waals surface area (Å²) >= 11 is 9.28. The van der Waals surface area contributed by atoms with E-state index in [1.807, 2.05) is 32.0 Å². The summed E-state index contributed by atoms with van der Waals surface area (Å²) in [5.74, 6) is 0. The largest absolute Gasteiger partial charge is 0.384 e. The lowest BCUT2D eigenvalue weighted by Gasteiger charge is -2.16. The van der Waals surface area contributed by atoms with E-state index >= 15 is 0 Å². The maximum absolute atomic E-state index is 8.88. The van der Waals surface area contributed by atoms with Gasteiger partial charge in [-0.2, -0.15) is 5.26 Å². The second kappa shape index (κ2) is 5.56. The minimum atomic E-state index is -0.286. The molecule has 0 aliphatic carbocycles. The van der Waals surface area contributed by atoms with Crippen LogP contribution in [0.5, 0.6) is 0 Å². The predicted octanol–water partition coefficient (Wildman–Crippen LogP) is 4.45. The second-order valence-electron chi connectivity index (χ2n) is 4.30. The fourth-order valence-electron chi connectivity index (χ4n) is 1.20. The lowest BCUT2D eigenvalue weighted by Crippen LogP contribution is -2.14. The fourth-order valence-corrected chi connectivity index (χ4v) is 2.02. The van der Waals surface area contributed by atoms with Crippen molar-refractivity contribution >= 4 is 33.2 Å². The second-order valence-corrected chi connectivity index (χ2v) is 5.59. The summed E-state index contributed by atoms with van der Waals surface area (Å²) in [7, 11) is 0. The van der Waals surface area contributed by atoms with Gasteiger partial charge >= 0.3 is 0 Å². The highest BCUT2D eigenvalue weighted by Crippen LogP contribution is 2.26. The molecule has 0 aliphatic rings. The predicted molar refractivity (Wildman–Crippen MR) is 71.7 cm³/mol. The number of rotatable bonds is 4. The van der Waals surface area contributed by atoms with Crippen LogP contribution in [0.25, 0.3) is 0 Å². The molecule has 1 aromatic rings. The Morgan fingerprint density at radius 1 is 1.50 bits per heavy atom. The van der Waals surface area contributed by atoms with Gasteiger partial charge in [0, 0.05) is 21.7 Å². The SMILES string of the molecule is CC(C)(C#N)CCNc1ccc(Cl)cc1Br. The third-order valence-electron chi connectivity index (χ3n) is 2.30. The molecule has 0 saturated heterocycles. The van der Waals surface area contributed by atoms with Crippen molar-refractivity contribution in [2.24, 2.45) is 5.41 Å². The Labute approximate surface area is 110 Å². The number of halogens is 2. The molecule has 0 spiro atoms. The van der Waals surface area contributed by atoms with E-state index in [0.29, 0.717) is 5.02 Å². The smallest absolute Gasteiger partial charge is 0.0684 e. The molecule has 86 valence electrons. The summed E-state index contributed by atoms with van der Waals surface area (Å²) in [6.07, 6.45) is 0.804.